The lowest BCUT2D eigenvalue weighted by atomic mass is 10.4. The summed E-state index contributed by atoms with van der Waals surface area (Å²) >= 11 is 0. The van der Waals surface area contributed by atoms with Gasteiger partial charge in [0.25, 0.3) is 5.95 Å². The SMILES string of the molecule is CCOCCn1cnc2c(N)nc(-n3nc(C)cc3C)nc21. The second-order valence-electron chi connectivity index (χ2n) is 5.05. The minimum absolute atomic E-state index is 0.350. The Hall–Kier alpha value is -2.48. The van der Waals surface area contributed by atoms with Crippen molar-refractivity contribution in [1.29, 1.82) is 0 Å². The molecule has 3 aromatic rings. The number of rotatable bonds is 5. The summed E-state index contributed by atoms with van der Waals surface area (Å²) in [6.45, 7) is 7.79. The van der Waals surface area contributed by atoms with E-state index < -0.39 is 0 Å². The number of hydrogen-bond acceptors (Lipinski definition) is 6. The third-order valence-corrected chi connectivity index (χ3v) is 3.36. The second kappa shape index (κ2) is 5.72. The van der Waals surface area contributed by atoms with Gasteiger partial charge in [0.1, 0.15) is 5.52 Å². The molecule has 0 saturated heterocycles. The number of imidazole rings is 1. The van der Waals surface area contributed by atoms with Gasteiger partial charge in [-0.25, -0.2) is 9.67 Å². The van der Waals surface area contributed by atoms with E-state index in [0.29, 0.717) is 42.7 Å². The lowest BCUT2D eigenvalue weighted by Gasteiger charge is -2.07. The molecule has 0 aromatic carbocycles. The molecule has 0 fully saturated rings. The number of nitrogens with zero attached hydrogens (tertiary/aromatic N) is 6. The summed E-state index contributed by atoms with van der Waals surface area (Å²) in [7, 11) is 0. The first-order chi connectivity index (χ1) is 10.6. The minimum Gasteiger partial charge on any atom is -0.382 e. The molecule has 0 aliphatic carbocycles. The third kappa shape index (κ3) is 2.52. The standard InChI is InChI=1S/C14H19N7O/c1-4-22-6-5-20-8-16-11-12(15)17-14(18-13(11)20)21-10(3)7-9(2)19-21/h7-8H,4-6H2,1-3H3,(H2,15,17,18). The summed E-state index contributed by atoms with van der Waals surface area (Å²) < 4.78 is 8.98. The van der Waals surface area contributed by atoms with Crippen LogP contribution < -0.4 is 5.73 Å². The first-order valence-corrected chi connectivity index (χ1v) is 7.20. The fourth-order valence-electron chi connectivity index (χ4n) is 2.35. The van der Waals surface area contributed by atoms with Crippen molar-refractivity contribution in [2.45, 2.75) is 27.3 Å². The number of aryl methyl sites for hydroxylation is 2. The zero-order valence-electron chi connectivity index (χ0n) is 12.9. The van der Waals surface area contributed by atoms with E-state index >= 15 is 0 Å². The maximum absolute atomic E-state index is 6.02. The van der Waals surface area contributed by atoms with Crippen LogP contribution in [-0.2, 0) is 11.3 Å². The van der Waals surface area contributed by atoms with Gasteiger partial charge in [-0.15, -0.1) is 0 Å². The third-order valence-electron chi connectivity index (χ3n) is 3.36. The molecule has 3 heterocycles. The van der Waals surface area contributed by atoms with Crippen molar-refractivity contribution >= 4 is 17.0 Å². The van der Waals surface area contributed by atoms with Gasteiger partial charge in [-0.2, -0.15) is 15.1 Å². The number of hydrogen-bond donors (Lipinski definition) is 1. The Kier molecular flexibility index (Phi) is 3.76. The summed E-state index contributed by atoms with van der Waals surface area (Å²) in [6, 6.07) is 1.97. The number of nitrogens with two attached hydrogens (primary N) is 1. The summed E-state index contributed by atoms with van der Waals surface area (Å²) in [5.74, 6) is 0.802. The molecule has 2 N–H and O–H groups in total. The number of anilines is 1. The van der Waals surface area contributed by atoms with Gasteiger partial charge in [0.15, 0.2) is 11.5 Å². The summed E-state index contributed by atoms with van der Waals surface area (Å²) in [5.41, 5.74) is 9.17. The van der Waals surface area contributed by atoms with Crippen LogP contribution in [0.1, 0.15) is 18.3 Å². The van der Waals surface area contributed by atoms with Crippen molar-refractivity contribution in [1.82, 2.24) is 29.3 Å². The van der Waals surface area contributed by atoms with E-state index in [2.05, 4.69) is 20.1 Å². The van der Waals surface area contributed by atoms with Gasteiger partial charge in [-0.1, -0.05) is 0 Å². The Morgan fingerprint density at radius 3 is 2.77 bits per heavy atom. The number of aromatic nitrogens is 6. The molecule has 8 nitrogen and oxygen atoms in total. The largest absolute Gasteiger partial charge is 0.382 e. The Balaban J connectivity index is 2.06. The molecule has 22 heavy (non-hydrogen) atoms. The van der Waals surface area contributed by atoms with E-state index in [1.54, 1.807) is 11.0 Å². The van der Waals surface area contributed by atoms with E-state index in [4.69, 9.17) is 10.5 Å². The first kappa shape index (κ1) is 14.5. The Morgan fingerprint density at radius 1 is 1.27 bits per heavy atom. The van der Waals surface area contributed by atoms with E-state index in [-0.39, 0.29) is 0 Å². The molecule has 0 radical (unpaired) electrons. The van der Waals surface area contributed by atoms with Crippen LogP contribution >= 0.6 is 0 Å². The fourth-order valence-corrected chi connectivity index (χ4v) is 2.35. The molecular formula is C14H19N7O. The first-order valence-electron chi connectivity index (χ1n) is 7.20. The predicted octanol–water partition coefficient (Wildman–Crippen LogP) is 1.25. The quantitative estimate of drug-likeness (QED) is 0.712. The van der Waals surface area contributed by atoms with Crippen molar-refractivity contribution < 1.29 is 4.74 Å². The smallest absolute Gasteiger partial charge is 0.254 e. The van der Waals surface area contributed by atoms with Gasteiger partial charge < -0.3 is 15.0 Å². The summed E-state index contributed by atoms with van der Waals surface area (Å²) in [6.07, 6.45) is 1.71. The van der Waals surface area contributed by atoms with E-state index in [0.717, 1.165) is 11.4 Å². The number of nitrogen functional groups attached to an aromatic ring is 1. The van der Waals surface area contributed by atoms with Crippen molar-refractivity contribution in [2.24, 2.45) is 0 Å². The molecular weight excluding hydrogens is 282 g/mol. The van der Waals surface area contributed by atoms with Crippen LogP contribution in [0.5, 0.6) is 0 Å². The Labute approximate surface area is 127 Å². The lowest BCUT2D eigenvalue weighted by Crippen LogP contribution is -2.10. The van der Waals surface area contributed by atoms with Gasteiger partial charge in [-0.05, 0) is 26.8 Å². The predicted molar refractivity (Wildman–Crippen MR) is 82.8 cm³/mol. The van der Waals surface area contributed by atoms with E-state index in [1.165, 1.54) is 0 Å². The van der Waals surface area contributed by atoms with Crippen LogP contribution in [0, 0.1) is 13.8 Å². The average molecular weight is 301 g/mol. The minimum atomic E-state index is 0.350. The molecule has 0 bridgehead atoms. The lowest BCUT2D eigenvalue weighted by molar-refractivity contribution is 0.139. The highest BCUT2D eigenvalue weighted by molar-refractivity contribution is 5.82. The Bertz CT molecular complexity index is 805. The molecule has 0 aliphatic rings. The van der Waals surface area contributed by atoms with Crippen molar-refractivity contribution in [3.63, 3.8) is 0 Å². The maximum atomic E-state index is 6.02. The van der Waals surface area contributed by atoms with Gasteiger partial charge >= 0.3 is 0 Å². The van der Waals surface area contributed by atoms with Crippen LogP contribution in [0.15, 0.2) is 12.4 Å². The molecule has 3 rings (SSSR count). The second-order valence-corrected chi connectivity index (χ2v) is 5.05. The molecule has 0 aliphatic heterocycles. The Morgan fingerprint density at radius 2 is 2.09 bits per heavy atom. The molecule has 0 saturated carbocycles. The van der Waals surface area contributed by atoms with Crippen LogP contribution in [0.25, 0.3) is 17.1 Å². The monoisotopic (exact) mass is 301 g/mol. The van der Waals surface area contributed by atoms with Crippen LogP contribution in [0.3, 0.4) is 0 Å². The topological polar surface area (TPSA) is 96.7 Å². The van der Waals surface area contributed by atoms with Gasteiger partial charge in [-0.3, -0.25) is 0 Å². The van der Waals surface area contributed by atoms with E-state index in [9.17, 15) is 0 Å². The normalized spacial score (nSPS) is 11.4. The summed E-state index contributed by atoms with van der Waals surface area (Å²) in [4.78, 5) is 13.2. The van der Waals surface area contributed by atoms with Gasteiger partial charge in [0.05, 0.1) is 18.6 Å². The van der Waals surface area contributed by atoms with E-state index in [1.807, 2.05) is 31.4 Å². The molecule has 0 spiro atoms. The zero-order chi connectivity index (χ0) is 15.7. The molecule has 116 valence electrons. The van der Waals surface area contributed by atoms with Crippen molar-refractivity contribution in [2.75, 3.05) is 18.9 Å². The highest BCUT2D eigenvalue weighted by Crippen LogP contribution is 2.18. The molecule has 0 unspecified atom stereocenters. The van der Waals surface area contributed by atoms with Crippen LogP contribution in [0.2, 0.25) is 0 Å². The summed E-state index contributed by atoms with van der Waals surface area (Å²) in [5, 5.41) is 4.40. The highest BCUT2D eigenvalue weighted by Gasteiger charge is 2.14. The molecule has 3 aromatic heterocycles. The molecule has 8 heteroatoms. The van der Waals surface area contributed by atoms with Crippen molar-refractivity contribution in [3.05, 3.63) is 23.8 Å². The van der Waals surface area contributed by atoms with Gasteiger partial charge in [0, 0.05) is 18.8 Å². The highest BCUT2D eigenvalue weighted by atomic mass is 16.5. The molecule has 0 atom stereocenters. The zero-order valence-corrected chi connectivity index (χ0v) is 12.9. The fraction of sp³-hybridized carbons (Fsp3) is 0.429. The number of ether oxygens (including phenoxy) is 1. The van der Waals surface area contributed by atoms with Crippen LogP contribution in [0.4, 0.5) is 5.82 Å². The maximum Gasteiger partial charge on any atom is 0.254 e. The van der Waals surface area contributed by atoms with Crippen molar-refractivity contribution in [3.8, 4) is 5.95 Å². The number of fused-ring (bicyclic) bond motifs is 1. The van der Waals surface area contributed by atoms with Gasteiger partial charge in [0.2, 0.25) is 0 Å². The van der Waals surface area contributed by atoms with Crippen LogP contribution in [-0.4, -0.2) is 42.5 Å². The average Bonchev–Trinajstić information content (AvgIpc) is 3.03. The molecule has 0 amide bonds.